The second-order valence-electron chi connectivity index (χ2n) is 5.95. The van der Waals surface area contributed by atoms with Crippen LogP contribution in [0.25, 0.3) is 20.8 Å². The van der Waals surface area contributed by atoms with E-state index in [0.717, 1.165) is 0 Å². The van der Waals surface area contributed by atoms with Crippen molar-refractivity contribution in [3.8, 4) is 0 Å². The Balaban J connectivity index is 1.94. The fourth-order valence-corrected chi connectivity index (χ4v) is 5.77. The molecule has 0 nitrogen and oxygen atoms in total. The minimum Gasteiger partial charge on any atom is -0.0828 e. The van der Waals surface area contributed by atoms with Crippen molar-refractivity contribution in [3.63, 3.8) is 0 Å². The zero-order valence-electron chi connectivity index (χ0n) is 11.7. The number of hydrogen-bond acceptors (Lipinski definition) is 0. The lowest BCUT2D eigenvalue weighted by molar-refractivity contribution is 0.856. The van der Waals surface area contributed by atoms with Crippen molar-refractivity contribution in [1.82, 2.24) is 0 Å². The first-order valence-corrected chi connectivity index (χ1v) is 9.13. The Labute approximate surface area is 146 Å². The average molecular weight is 412 g/mol. The van der Waals surface area contributed by atoms with Gasteiger partial charge in [0.2, 0.25) is 0 Å². The molecule has 0 fully saturated rings. The summed E-state index contributed by atoms with van der Waals surface area (Å²) in [6, 6.07) is 22.0. The summed E-state index contributed by atoms with van der Waals surface area (Å²) in [6.45, 7) is 0. The smallest absolute Gasteiger partial charge is 0.0511 e. The van der Waals surface area contributed by atoms with E-state index >= 15 is 0 Å². The van der Waals surface area contributed by atoms with Crippen molar-refractivity contribution in [2.24, 2.45) is 0 Å². The van der Waals surface area contributed by atoms with Crippen LogP contribution in [0.1, 0.15) is 33.0 Å². The second-order valence-corrected chi connectivity index (χ2v) is 7.72. The molecule has 0 spiro atoms. The normalized spacial score (nSPS) is 21.9. The fourth-order valence-electron chi connectivity index (χ4n) is 4.00. The Kier molecular flexibility index (Phi) is 2.71. The molecule has 5 rings (SSSR count). The first-order chi connectivity index (χ1) is 10.8. The molecular weight excluding hydrogens is 400 g/mol. The zero-order chi connectivity index (χ0) is 14.8. The Morgan fingerprint density at radius 3 is 2.27 bits per heavy atom. The molecule has 0 aromatic heterocycles. The van der Waals surface area contributed by atoms with Gasteiger partial charge in [0, 0.05) is 10.4 Å². The van der Waals surface area contributed by atoms with E-state index in [9.17, 15) is 0 Å². The van der Waals surface area contributed by atoms with E-state index in [2.05, 4.69) is 92.5 Å². The minimum atomic E-state index is 0.318. The molecule has 0 N–H and O–H groups in total. The lowest BCUT2D eigenvalue weighted by Crippen LogP contribution is -2.11. The number of fused-ring (bicyclic) bond motifs is 4. The van der Waals surface area contributed by atoms with Crippen LogP contribution in [0.4, 0.5) is 0 Å². The van der Waals surface area contributed by atoms with Crippen LogP contribution >= 0.6 is 31.9 Å². The van der Waals surface area contributed by atoms with Gasteiger partial charge in [-0.1, -0.05) is 76.6 Å². The van der Waals surface area contributed by atoms with Gasteiger partial charge in [-0.15, -0.1) is 0 Å². The highest BCUT2D eigenvalue weighted by atomic mass is 79.9. The Morgan fingerprint density at radius 1 is 0.727 bits per heavy atom. The molecule has 2 unspecified atom stereocenters. The summed E-state index contributed by atoms with van der Waals surface area (Å²) in [6.07, 6.45) is 0. The summed E-state index contributed by atoms with van der Waals surface area (Å²) in [5.74, 6) is 0.380. The summed E-state index contributed by atoms with van der Waals surface area (Å²) in [7, 11) is 0. The highest BCUT2D eigenvalue weighted by molar-refractivity contribution is 9.15. The molecule has 2 aliphatic carbocycles. The van der Waals surface area contributed by atoms with Gasteiger partial charge in [-0.3, -0.25) is 0 Å². The Morgan fingerprint density at radius 2 is 1.41 bits per heavy atom. The van der Waals surface area contributed by atoms with Gasteiger partial charge in [-0.2, -0.15) is 0 Å². The van der Waals surface area contributed by atoms with Gasteiger partial charge in [0.1, 0.15) is 0 Å². The van der Waals surface area contributed by atoms with E-state index in [0.29, 0.717) is 10.7 Å². The highest BCUT2D eigenvalue weighted by Crippen LogP contribution is 2.61. The van der Waals surface area contributed by atoms with Gasteiger partial charge in [0.25, 0.3) is 0 Å². The molecule has 3 aromatic carbocycles. The third kappa shape index (κ3) is 1.52. The van der Waals surface area contributed by atoms with E-state index in [1.54, 1.807) is 0 Å². The standard InChI is InChI=1S/C20H12Br2/c21-19-12-7-1-2-8-13(12)20(22)18-15-10-4-6-11-5-3-9-14(16(11)15)17(18)19/h1-10,17,19H. The molecule has 2 atom stereocenters. The third-order valence-electron chi connectivity index (χ3n) is 4.90. The fraction of sp³-hybridized carbons (Fsp3) is 0.100. The molecule has 3 aromatic rings. The molecule has 0 radical (unpaired) electrons. The van der Waals surface area contributed by atoms with Gasteiger partial charge in [-0.05, 0) is 54.5 Å². The minimum absolute atomic E-state index is 0.318. The van der Waals surface area contributed by atoms with Crippen molar-refractivity contribution in [2.45, 2.75) is 10.7 Å². The van der Waals surface area contributed by atoms with Crippen LogP contribution in [0.5, 0.6) is 0 Å². The van der Waals surface area contributed by atoms with Gasteiger partial charge in [-0.25, -0.2) is 0 Å². The van der Waals surface area contributed by atoms with Crippen molar-refractivity contribution in [3.05, 3.63) is 82.9 Å². The number of rotatable bonds is 0. The number of alkyl halides is 1. The van der Waals surface area contributed by atoms with Crippen LogP contribution in [-0.2, 0) is 0 Å². The van der Waals surface area contributed by atoms with Crippen molar-refractivity contribution in [2.75, 3.05) is 0 Å². The summed E-state index contributed by atoms with van der Waals surface area (Å²) >= 11 is 7.89. The molecule has 0 amide bonds. The van der Waals surface area contributed by atoms with Crippen molar-refractivity contribution in [1.29, 1.82) is 0 Å². The van der Waals surface area contributed by atoms with Crippen LogP contribution in [-0.4, -0.2) is 0 Å². The van der Waals surface area contributed by atoms with Crippen LogP contribution in [0.15, 0.2) is 60.7 Å². The van der Waals surface area contributed by atoms with Gasteiger partial charge in [0.15, 0.2) is 0 Å². The lowest BCUT2D eigenvalue weighted by Gasteiger charge is -2.30. The predicted octanol–water partition coefficient (Wildman–Crippen LogP) is 6.65. The maximum atomic E-state index is 3.99. The second kappa shape index (κ2) is 4.56. The summed E-state index contributed by atoms with van der Waals surface area (Å²) in [5.41, 5.74) is 6.92. The lowest BCUT2D eigenvalue weighted by atomic mass is 9.82. The van der Waals surface area contributed by atoms with Crippen LogP contribution in [0.3, 0.4) is 0 Å². The molecule has 0 saturated heterocycles. The molecule has 0 heterocycles. The van der Waals surface area contributed by atoms with Crippen LogP contribution < -0.4 is 0 Å². The quantitative estimate of drug-likeness (QED) is 0.363. The maximum Gasteiger partial charge on any atom is 0.0511 e. The van der Waals surface area contributed by atoms with Gasteiger partial charge in [0.05, 0.1) is 4.83 Å². The van der Waals surface area contributed by atoms with E-state index in [1.165, 1.54) is 43.1 Å². The van der Waals surface area contributed by atoms with Crippen molar-refractivity contribution < 1.29 is 0 Å². The first kappa shape index (κ1) is 13.1. The van der Waals surface area contributed by atoms with E-state index in [4.69, 9.17) is 0 Å². The molecular formula is C20H12Br2. The van der Waals surface area contributed by atoms with Crippen molar-refractivity contribution >= 4 is 52.7 Å². The molecule has 2 heteroatoms. The molecule has 106 valence electrons. The third-order valence-corrected chi connectivity index (χ3v) is 6.77. The van der Waals surface area contributed by atoms with E-state index in [-0.39, 0.29) is 0 Å². The van der Waals surface area contributed by atoms with Gasteiger partial charge >= 0.3 is 0 Å². The van der Waals surface area contributed by atoms with E-state index < -0.39 is 0 Å². The molecule has 2 aliphatic rings. The molecule has 0 saturated carbocycles. The number of allylic oxidation sites excluding steroid dienone is 1. The summed E-state index contributed by atoms with van der Waals surface area (Å²) in [4.78, 5) is 0.318. The molecule has 22 heavy (non-hydrogen) atoms. The summed E-state index contributed by atoms with van der Waals surface area (Å²) in [5, 5.41) is 2.75. The number of hydrogen-bond donors (Lipinski definition) is 0. The first-order valence-electron chi connectivity index (χ1n) is 7.42. The van der Waals surface area contributed by atoms with Crippen LogP contribution in [0.2, 0.25) is 0 Å². The Hall–Kier alpha value is -1.38. The summed E-state index contributed by atoms with van der Waals surface area (Å²) < 4.78 is 1.24. The predicted molar refractivity (Wildman–Crippen MR) is 101 cm³/mol. The zero-order valence-corrected chi connectivity index (χ0v) is 14.9. The average Bonchev–Trinajstić information content (AvgIpc) is 2.90. The maximum absolute atomic E-state index is 3.99. The number of benzene rings is 3. The molecule has 0 aliphatic heterocycles. The molecule has 0 bridgehead atoms. The number of halogens is 2. The monoisotopic (exact) mass is 410 g/mol. The van der Waals surface area contributed by atoms with Crippen LogP contribution in [0, 0.1) is 0 Å². The largest absolute Gasteiger partial charge is 0.0828 e. The van der Waals surface area contributed by atoms with Gasteiger partial charge < -0.3 is 0 Å². The Bertz CT molecular complexity index is 963. The topological polar surface area (TPSA) is 0 Å². The highest BCUT2D eigenvalue weighted by Gasteiger charge is 2.40. The SMILES string of the molecule is BrC1=C2c3cccc4cccc(c34)C2C(Br)c2ccccc21. The van der Waals surface area contributed by atoms with E-state index in [1.807, 2.05) is 0 Å².